The van der Waals surface area contributed by atoms with Crippen molar-refractivity contribution in [1.82, 2.24) is 10.3 Å². The van der Waals surface area contributed by atoms with Crippen molar-refractivity contribution in [3.63, 3.8) is 0 Å². The number of carbonyl (C=O) groups is 1. The Morgan fingerprint density at radius 2 is 2.25 bits per heavy atom. The Kier molecular flexibility index (Phi) is 3.26. The van der Waals surface area contributed by atoms with Crippen LogP contribution in [0.3, 0.4) is 0 Å². The lowest BCUT2D eigenvalue weighted by molar-refractivity contribution is 0.165. The molecule has 0 saturated carbocycles. The molecule has 2 aromatic rings. The van der Waals surface area contributed by atoms with Crippen LogP contribution in [0.2, 0.25) is 0 Å². The minimum absolute atomic E-state index is 0.125. The molecule has 0 bridgehead atoms. The molecule has 5 heteroatoms. The number of alkyl carbamates (subject to hydrolysis) is 1. The second-order valence-electron chi connectivity index (χ2n) is 5.07. The molecule has 0 spiro atoms. The molecule has 0 saturated heterocycles. The maximum atomic E-state index is 11.3. The monoisotopic (exact) mass is 274 g/mol. The molecule has 0 aliphatic heterocycles. The second kappa shape index (κ2) is 5.07. The molecule has 1 aliphatic carbocycles. The minimum atomic E-state index is -0.365. The van der Waals surface area contributed by atoms with Crippen molar-refractivity contribution in [2.75, 3.05) is 14.2 Å². The number of H-pyrrole nitrogens is 1. The van der Waals surface area contributed by atoms with Crippen LogP contribution in [0.4, 0.5) is 4.79 Å². The standard InChI is InChI=1S/C15H18N2O3/c1-19-10-4-6-14-12(8-10)11-7-9(16-15(18)20-2)3-5-13(11)17-14/h4,6,8-9,17H,3,5,7H2,1-2H3,(H,16,18). The smallest absolute Gasteiger partial charge is 0.407 e. The summed E-state index contributed by atoms with van der Waals surface area (Å²) in [5, 5.41) is 4.06. The molecule has 1 aliphatic rings. The zero-order chi connectivity index (χ0) is 14.1. The van der Waals surface area contributed by atoms with Gasteiger partial charge >= 0.3 is 6.09 Å². The van der Waals surface area contributed by atoms with Gasteiger partial charge in [0.25, 0.3) is 0 Å². The van der Waals surface area contributed by atoms with E-state index in [4.69, 9.17) is 4.74 Å². The number of amides is 1. The summed E-state index contributed by atoms with van der Waals surface area (Å²) in [7, 11) is 3.06. The van der Waals surface area contributed by atoms with Crippen LogP contribution in [0.25, 0.3) is 10.9 Å². The van der Waals surface area contributed by atoms with Gasteiger partial charge in [-0.1, -0.05) is 0 Å². The number of hydrogen-bond donors (Lipinski definition) is 2. The number of carbonyl (C=O) groups excluding carboxylic acids is 1. The molecule has 1 aromatic carbocycles. The number of benzene rings is 1. The van der Waals surface area contributed by atoms with E-state index in [1.54, 1.807) is 7.11 Å². The van der Waals surface area contributed by atoms with E-state index >= 15 is 0 Å². The first-order chi connectivity index (χ1) is 9.71. The molecule has 3 rings (SSSR count). The molecule has 1 amide bonds. The van der Waals surface area contributed by atoms with Crippen LogP contribution in [0.15, 0.2) is 18.2 Å². The molecule has 0 radical (unpaired) electrons. The van der Waals surface area contributed by atoms with Gasteiger partial charge < -0.3 is 19.8 Å². The largest absolute Gasteiger partial charge is 0.497 e. The number of fused-ring (bicyclic) bond motifs is 3. The molecule has 1 aromatic heterocycles. The van der Waals surface area contributed by atoms with Gasteiger partial charge in [-0.3, -0.25) is 0 Å². The third kappa shape index (κ3) is 2.19. The van der Waals surface area contributed by atoms with E-state index in [0.29, 0.717) is 0 Å². The summed E-state index contributed by atoms with van der Waals surface area (Å²) in [6.07, 6.45) is 2.31. The summed E-state index contributed by atoms with van der Waals surface area (Å²) < 4.78 is 9.96. The number of aromatic amines is 1. The molecule has 1 heterocycles. The van der Waals surface area contributed by atoms with Gasteiger partial charge in [-0.05, 0) is 43.0 Å². The van der Waals surface area contributed by atoms with Crippen LogP contribution < -0.4 is 10.1 Å². The zero-order valence-electron chi connectivity index (χ0n) is 11.7. The van der Waals surface area contributed by atoms with Crippen molar-refractivity contribution in [1.29, 1.82) is 0 Å². The van der Waals surface area contributed by atoms with Crippen LogP contribution in [0.5, 0.6) is 5.75 Å². The highest BCUT2D eigenvalue weighted by Crippen LogP contribution is 2.31. The van der Waals surface area contributed by atoms with Crippen LogP contribution in [-0.4, -0.2) is 31.3 Å². The topological polar surface area (TPSA) is 63.3 Å². The molecule has 2 N–H and O–H groups in total. The molecular weight excluding hydrogens is 256 g/mol. The third-order valence-corrected chi connectivity index (χ3v) is 3.90. The highest BCUT2D eigenvalue weighted by atomic mass is 16.5. The van der Waals surface area contributed by atoms with Gasteiger partial charge in [0, 0.05) is 22.6 Å². The van der Waals surface area contributed by atoms with Gasteiger partial charge in [-0.15, -0.1) is 0 Å². The number of aryl methyl sites for hydroxylation is 1. The lowest BCUT2D eigenvalue weighted by Crippen LogP contribution is -2.38. The Morgan fingerprint density at radius 1 is 1.40 bits per heavy atom. The number of ether oxygens (including phenoxy) is 2. The molecule has 20 heavy (non-hydrogen) atoms. The van der Waals surface area contributed by atoms with Crippen LogP contribution >= 0.6 is 0 Å². The summed E-state index contributed by atoms with van der Waals surface area (Å²) in [4.78, 5) is 14.8. The highest BCUT2D eigenvalue weighted by molar-refractivity contribution is 5.86. The lowest BCUT2D eigenvalue weighted by atomic mass is 9.91. The van der Waals surface area contributed by atoms with Gasteiger partial charge in [0.1, 0.15) is 5.75 Å². The van der Waals surface area contributed by atoms with Crippen molar-refractivity contribution in [3.8, 4) is 5.75 Å². The number of methoxy groups -OCH3 is 2. The Hall–Kier alpha value is -2.17. The first kappa shape index (κ1) is 12.8. The quantitative estimate of drug-likeness (QED) is 0.883. The Bertz CT molecular complexity index is 648. The van der Waals surface area contributed by atoms with E-state index in [9.17, 15) is 4.79 Å². The zero-order valence-corrected chi connectivity index (χ0v) is 11.7. The summed E-state index contributed by atoms with van der Waals surface area (Å²) in [6.45, 7) is 0. The van der Waals surface area contributed by atoms with Crippen molar-refractivity contribution in [2.24, 2.45) is 0 Å². The average molecular weight is 274 g/mol. The molecule has 1 atom stereocenters. The third-order valence-electron chi connectivity index (χ3n) is 3.90. The number of hydrogen-bond acceptors (Lipinski definition) is 3. The lowest BCUT2D eigenvalue weighted by Gasteiger charge is -2.22. The van der Waals surface area contributed by atoms with E-state index < -0.39 is 0 Å². The summed E-state index contributed by atoms with van der Waals surface area (Å²) in [6, 6.07) is 6.16. The van der Waals surface area contributed by atoms with Crippen molar-refractivity contribution in [3.05, 3.63) is 29.5 Å². The highest BCUT2D eigenvalue weighted by Gasteiger charge is 2.24. The maximum Gasteiger partial charge on any atom is 0.407 e. The van der Waals surface area contributed by atoms with Crippen molar-refractivity contribution >= 4 is 17.0 Å². The average Bonchev–Trinajstić information content (AvgIpc) is 2.84. The fourth-order valence-corrected chi connectivity index (χ4v) is 2.87. The molecular formula is C15H18N2O3. The Morgan fingerprint density at radius 3 is 3.00 bits per heavy atom. The van der Waals surface area contributed by atoms with Gasteiger partial charge in [0.15, 0.2) is 0 Å². The fraction of sp³-hybridized carbons (Fsp3) is 0.400. The summed E-state index contributed by atoms with van der Waals surface area (Å²) in [5.74, 6) is 0.849. The van der Waals surface area contributed by atoms with Crippen molar-refractivity contribution < 1.29 is 14.3 Å². The van der Waals surface area contributed by atoms with Gasteiger partial charge in [-0.2, -0.15) is 0 Å². The predicted molar refractivity (Wildman–Crippen MR) is 76.2 cm³/mol. The number of nitrogens with one attached hydrogen (secondary N) is 2. The number of aromatic nitrogens is 1. The first-order valence-electron chi connectivity index (χ1n) is 6.73. The Balaban J connectivity index is 1.92. The van der Waals surface area contributed by atoms with E-state index in [-0.39, 0.29) is 12.1 Å². The first-order valence-corrected chi connectivity index (χ1v) is 6.73. The maximum absolute atomic E-state index is 11.3. The molecule has 1 unspecified atom stereocenters. The van der Waals surface area contributed by atoms with Gasteiger partial charge in [0.05, 0.1) is 14.2 Å². The van der Waals surface area contributed by atoms with E-state index in [0.717, 1.165) is 30.5 Å². The van der Waals surface area contributed by atoms with Crippen LogP contribution in [-0.2, 0) is 17.6 Å². The SMILES string of the molecule is COC(=O)NC1CCc2[nH]c3ccc(OC)cc3c2C1. The summed E-state index contributed by atoms with van der Waals surface area (Å²) in [5.41, 5.74) is 3.65. The minimum Gasteiger partial charge on any atom is -0.497 e. The van der Waals surface area contributed by atoms with Crippen molar-refractivity contribution in [2.45, 2.75) is 25.3 Å². The molecule has 5 nitrogen and oxygen atoms in total. The van der Waals surface area contributed by atoms with Crippen LogP contribution in [0.1, 0.15) is 17.7 Å². The van der Waals surface area contributed by atoms with E-state index in [2.05, 4.69) is 15.0 Å². The van der Waals surface area contributed by atoms with Gasteiger partial charge in [-0.25, -0.2) is 4.79 Å². The predicted octanol–water partition coefficient (Wildman–Crippen LogP) is 2.39. The summed E-state index contributed by atoms with van der Waals surface area (Å²) >= 11 is 0. The van der Waals surface area contributed by atoms with E-state index in [1.165, 1.54) is 23.8 Å². The molecule has 0 fully saturated rings. The number of rotatable bonds is 2. The Labute approximate surface area is 117 Å². The van der Waals surface area contributed by atoms with Crippen LogP contribution in [0, 0.1) is 0 Å². The van der Waals surface area contributed by atoms with E-state index in [1.807, 2.05) is 18.2 Å². The molecule has 106 valence electrons. The fourth-order valence-electron chi connectivity index (χ4n) is 2.87. The van der Waals surface area contributed by atoms with Gasteiger partial charge in [0.2, 0.25) is 0 Å². The second-order valence-corrected chi connectivity index (χ2v) is 5.07. The normalized spacial score (nSPS) is 17.6.